The Hall–Kier alpha value is -2.41. The first-order valence-corrected chi connectivity index (χ1v) is 5.13. The van der Waals surface area contributed by atoms with Gasteiger partial charge in [-0.3, -0.25) is 14.9 Å². The van der Waals surface area contributed by atoms with Crippen LogP contribution in [-0.2, 0) is 4.79 Å². The van der Waals surface area contributed by atoms with E-state index < -0.39 is 10.8 Å². The molecule has 7 heteroatoms. The van der Waals surface area contributed by atoms with Crippen molar-refractivity contribution in [1.82, 2.24) is 5.32 Å². The number of phenols is 1. The summed E-state index contributed by atoms with van der Waals surface area (Å²) in [4.78, 5) is 21.5. The maximum Gasteiger partial charge on any atom is 0.296 e. The van der Waals surface area contributed by atoms with Crippen LogP contribution in [0.4, 0.5) is 11.4 Å². The number of rotatable bonds is 6. The summed E-state index contributed by atoms with van der Waals surface area (Å²) in [5, 5.41) is 25.0. The van der Waals surface area contributed by atoms with Gasteiger partial charge < -0.3 is 15.7 Å². The highest BCUT2D eigenvalue weighted by Gasteiger charge is 2.16. The molecule has 0 aliphatic carbocycles. The van der Waals surface area contributed by atoms with E-state index in [-0.39, 0.29) is 23.7 Å². The van der Waals surface area contributed by atoms with E-state index in [1.807, 2.05) is 0 Å². The van der Waals surface area contributed by atoms with Gasteiger partial charge in [-0.05, 0) is 12.1 Å². The van der Waals surface area contributed by atoms with Crippen molar-refractivity contribution in [3.63, 3.8) is 0 Å². The summed E-state index contributed by atoms with van der Waals surface area (Å²) in [6.45, 7) is 3.96. The minimum Gasteiger partial charge on any atom is -0.508 e. The molecule has 0 saturated carbocycles. The van der Waals surface area contributed by atoms with E-state index in [2.05, 4.69) is 17.2 Å². The predicted molar refractivity (Wildman–Crippen MR) is 66.5 cm³/mol. The third-order valence-electron chi connectivity index (χ3n) is 2.03. The molecule has 96 valence electrons. The van der Waals surface area contributed by atoms with Crippen LogP contribution in [0.15, 0.2) is 30.9 Å². The highest BCUT2D eigenvalue weighted by Crippen LogP contribution is 2.28. The maximum atomic E-state index is 11.5. The molecular weight excluding hydrogens is 238 g/mol. The van der Waals surface area contributed by atoms with Crippen LogP contribution < -0.4 is 10.6 Å². The molecule has 0 unspecified atom stereocenters. The van der Waals surface area contributed by atoms with E-state index >= 15 is 0 Å². The Morgan fingerprint density at radius 1 is 1.56 bits per heavy atom. The number of carbonyl (C=O) groups is 1. The molecule has 3 N–H and O–H groups in total. The molecule has 7 nitrogen and oxygen atoms in total. The van der Waals surface area contributed by atoms with Gasteiger partial charge in [0.1, 0.15) is 11.4 Å². The molecule has 1 rings (SSSR count). The van der Waals surface area contributed by atoms with Crippen LogP contribution in [0.5, 0.6) is 5.75 Å². The lowest BCUT2D eigenvalue weighted by Crippen LogP contribution is -2.28. The lowest BCUT2D eigenvalue weighted by Gasteiger charge is -2.06. The number of anilines is 1. The van der Waals surface area contributed by atoms with Crippen molar-refractivity contribution in [1.29, 1.82) is 0 Å². The first-order valence-electron chi connectivity index (χ1n) is 5.13. The van der Waals surface area contributed by atoms with Crippen molar-refractivity contribution < 1.29 is 14.8 Å². The number of amides is 1. The molecule has 0 saturated heterocycles. The maximum absolute atomic E-state index is 11.5. The molecule has 0 fully saturated rings. The Bertz CT molecular complexity index is 473. The number of nitrogens with one attached hydrogen (secondary N) is 2. The minimum absolute atomic E-state index is 0.0179. The van der Waals surface area contributed by atoms with Gasteiger partial charge in [0.15, 0.2) is 0 Å². The third kappa shape index (κ3) is 3.87. The quantitative estimate of drug-likeness (QED) is 0.230. The van der Waals surface area contributed by atoms with Gasteiger partial charge in [0.05, 0.1) is 17.5 Å². The number of benzene rings is 1. The average molecular weight is 251 g/mol. The Morgan fingerprint density at radius 2 is 2.28 bits per heavy atom. The molecule has 0 bridgehead atoms. The molecule has 1 amide bonds. The van der Waals surface area contributed by atoms with Crippen molar-refractivity contribution in [2.24, 2.45) is 0 Å². The molecule has 0 heterocycles. The molecule has 18 heavy (non-hydrogen) atoms. The van der Waals surface area contributed by atoms with Gasteiger partial charge in [0.2, 0.25) is 5.91 Å². The minimum atomic E-state index is -0.674. The first-order chi connectivity index (χ1) is 8.54. The summed E-state index contributed by atoms with van der Waals surface area (Å²) in [6, 6.07) is 3.52. The molecule has 0 radical (unpaired) electrons. The van der Waals surface area contributed by atoms with Crippen LogP contribution in [0.1, 0.15) is 0 Å². The van der Waals surface area contributed by atoms with Crippen molar-refractivity contribution in [3.8, 4) is 5.75 Å². The zero-order valence-corrected chi connectivity index (χ0v) is 9.55. The normalized spacial score (nSPS) is 9.78. The Balaban J connectivity index is 2.74. The monoisotopic (exact) mass is 251 g/mol. The lowest BCUT2D eigenvalue weighted by atomic mass is 10.2. The fourth-order valence-electron chi connectivity index (χ4n) is 1.26. The summed E-state index contributed by atoms with van der Waals surface area (Å²) in [6.07, 6.45) is 1.59. The zero-order valence-electron chi connectivity index (χ0n) is 9.55. The second kappa shape index (κ2) is 6.36. The number of aromatic hydroxyl groups is 1. The van der Waals surface area contributed by atoms with Crippen LogP contribution in [0, 0.1) is 10.1 Å². The van der Waals surface area contributed by atoms with Gasteiger partial charge in [-0.15, -0.1) is 6.58 Å². The fourth-order valence-corrected chi connectivity index (χ4v) is 1.26. The number of nitro groups is 1. The first kappa shape index (κ1) is 13.7. The molecule has 1 aromatic rings. The van der Waals surface area contributed by atoms with Gasteiger partial charge in [-0.1, -0.05) is 6.08 Å². The smallest absolute Gasteiger partial charge is 0.296 e. The van der Waals surface area contributed by atoms with Crippen molar-refractivity contribution in [2.75, 3.05) is 18.4 Å². The van der Waals surface area contributed by atoms with E-state index in [0.717, 1.165) is 6.07 Å². The van der Waals surface area contributed by atoms with Crippen LogP contribution in [0.3, 0.4) is 0 Å². The van der Waals surface area contributed by atoms with E-state index in [9.17, 15) is 14.9 Å². The highest BCUT2D eigenvalue weighted by atomic mass is 16.6. The van der Waals surface area contributed by atoms with Crippen LogP contribution in [-0.4, -0.2) is 29.0 Å². The fraction of sp³-hybridized carbons (Fsp3) is 0.182. The Morgan fingerprint density at radius 3 is 2.89 bits per heavy atom. The molecule has 0 atom stereocenters. The predicted octanol–water partition coefficient (Wildman–Crippen LogP) is 1.01. The number of phenolic OH excluding ortho intramolecular Hbond substituents is 1. The summed E-state index contributed by atoms with van der Waals surface area (Å²) >= 11 is 0. The number of nitro benzene ring substituents is 1. The van der Waals surface area contributed by atoms with Crippen LogP contribution in [0.2, 0.25) is 0 Å². The van der Waals surface area contributed by atoms with E-state index in [0.29, 0.717) is 6.54 Å². The third-order valence-corrected chi connectivity index (χ3v) is 2.03. The molecule has 0 spiro atoms. The summed E-state index contributed by atoms with van der Waals surface area (Å²) in [5.74, 6) is -0.643. The number of hydrogen-bond donors (Lipinski definition) is 3. The van der Waals surface area contributed by atoms with Gasteiger partial charge in [-0.25, -0.2) is 0 Å². The largest absolute Gasteiger partial charge is 0.508 e. The Labute approximate surface area is 103 Å². The van der Waals surface area contributed by atoms with Crippen molar-refractivity contribution in [2.45, 2.75) is 0 Å². The summed E-state index contributed by atoms with van der Waals surface area (Å²) < 4.78 is 0. The number of carbonyl (C=O) groups excluding carboxylic acids is 1. The molecule has 0 aliphatic heterocycles. The molecule has 1 aromatic carbocycles. The summed E-state index contributed by atoms with van der Waals surface area (Å²) in [5.41, 5.74) is -0.310. The molecule has 0 aromatic heterocycles. The average Bonchev–Trinajstić information content (AvgIpc) is 2.31. The highest BCUT2D eigenvalue weighted by molar-refractivity contribution is 5.94. The molecular formula is C11H13N3O4. The Kier molecular flexibility index (Phi) is 4.82. The van der Waals surface area contributed by atoms with E-state index in [1.165, 1.54) is 12.1 Å². The topological polar surface area (TPSA) is 104 Å². The van der Waals surface area contributed by atoms with Crippen molar-refractivity contribution in [3.05, 3.63) is 41.0 Å². The number of nitrogens with zero attached hydrogens (tertiary/aromatic N) is 1. The van der Waals surface area contributed by atoms with E-state index in [1.54, 1.807) is 6.08 Å². The van der Waals surface area contributed by atoms with Crippen LogP contribution in [0.25, 0.3) is 0 Å². The van der Waals surface area contributed by atoms with Gasteiger partial charge in [0.25, 0.3) is 5.69 Å². The number of hydrogen-bond acceptors (Lipinski definition) is 5. The van der Waals surface area contributed by atoms with Gasteiger partial charge >= 0.3 is 0 Å². The van der Waals surface area contributed by atoms with Crippen LogP contribution >= 0.6 is 0 Å². The SMILES string of the molecule is C=CCNCC(=O)Nc1ccc(O)cc1[N+](=O)[O-]. The lowest BCUT2D eigenvalue weighted by molar-refractivity contribution is -0.384. The standard InChI is InChI=1S/C11H13N3O4/c1-2-5-12-7-11(16)13-9-4-3-8(15)6-10(9)14(17)18/h2-4,6,12,15H,1,5,7H2,(H,13,16). The van der Waals surface area contributed by atoms with E-state index in [4.69, 9.17) is 5.11 Å². The second-order valence-corrected chi connectivity index (χ2v) is 3.43. The molecule has 0 aliphatic rings. The zero-order chi connectivity index (χ0) is 13.5. The second-order valence-electron chi connectivity index (χ2n) is 3.43. The van der Waals surface area contributed by atoms with Gasteiger partial charge in [-0.2, -0.15) is 0 Å². The summed E-state index contributed by atoms with van der Waals surface area (Å²) in [7, 11) is 0. The van der Waals surface area contributed by atoms with Crippen molar-refractivity contribution >= 4 is 17.3 Å². The van der Waals surface area contributed by atoms with Gasteiger partial charge in [0, 0.05) is 6.54 Å².